The molecule has 25 heavy (non-hydrogen) atoms. The minimum atomic E-state index is -4.56. The molecule has 0 aliphatic heterocycles. The Morgan fingerprint density at radius 2 is 1.76 bits per heavy atom. The normalized spacial score (nSPS) is 12.0. The van der Waals surface area contributed by atoms with Crippen LogP contribution in [0.25, 0.3) is 0 Å². The van der Waals surface area contributed by atoms with Crippen molar-refractivity contribution in [2.75, 3.05) is 12.4 Å². The molecule has 5 nitrogen and oxygen atoms in total. The van der Waals surface area contributed by atoms with Crippen molar-refractivity contribution < 1.29 is 26.4 Å². The Kier molecular flexibility index (Phi) is 5.19. The average molecular weight is 372 g/mol. The van der Waals surface area contributed by atoms with Gasteiger partial charge in [0.1, 0.15) is 0 Å². The number of alkyl halides is 3. The van der Waals surface area contributed by atoms with Gasteiger partial charge in [-0.05, 0) is 49.9 Å². The van der Waals surface area contributed by atoms with E-state index in [-0.39, 0.29) is 16.1 Å². The summed E-state index contributed by atoms with van der Waals surface area (Å²) in [4.78, 5) is 12.2. The lowest BCUT2D eigenvalue weighted by Crippen LogP contribution is -2.19. The van der Waals surface area contributed by atoms with Crippen LogP contribution in [0, 0.1) is 6.92 Å². The molecule has 0 aliphatic carbocycles. The van der Waals surface area contributed by atoms with Crippen LogP contribution in [-0.4, -0.2) is 21.4 Å². The van der Waals surface area contributed by atoms with Crippen LogP contribution >= 0.6 is 0 Å². The van der Waals surface area contributed by atoms with Gasteiger partial charge in [0.2, 0.25) is 10.0 Å². The first-order valence-corrected chi connectivity index (χ1v) is 8.56. The third-order valence-electron chi connectivity index (χ3n) is 3.49. The standard InChI is InChI=1S/C16H15F3N2O3S/c1-10-6-7-13(25(23,24)20-2)9-14(10)21-15(22)11-4-3-5-12(8-11)16(17,18)19/h3-9,20H,1-2H3,(H,21,22). The summed E-state index contributed by atoms with van der Waals surface area (Å²) in [7, 11) is -2.47. The highest BCUT2D eigenvalue weighted by molar-refractivity contribution is 7.89. The van der Waals surface area contributed by atoms with Crippen molar-refractivity contribution >= 4 is 21.6 Å². The van der Waals surface area contributed by atoms with E-state index in [1.807, 2.05) is 0 Å². The molecule has 2 aromatic carbocycles. The molecule has 2 N–H and O–H groups in total. The lowest BCUT2D eigenvalue weighted by atomic mass is 10.1. The molecule has 0 saturated heterocycles. The summed E-state index contributed by atoms with van der Waals surface area (Å²) in [6, 6.07) is 8.07. The Balaban J connectivity index is 2.34. The maximum absolute atomic E-state index is 12.7. The number of amides is 1. The molecule has 2 aromatic rings. The van der Waals surface area contributed by atoms with E-state index in [0.29, 0.717) is 5.56 Å². The zero-order valence-corrected chi connectivity index (χ0v) is 14.1. The number of sulfonamides is 1. The number of carbonyl (C=O) groups excluding carboxylic acids is 1. The molecular formula is C16H15F3N2O3S. The third kappa shape index (κ3) is 4.37. The zero-order chi connectivity index (χ0) is 18.8. The van der Waals surface area contributed by atoms with Gasteiger partial charge >= 0.3 is 6.18 Å². The van der Waals surface area contributed by atoms with E-state index >= 15 is 0 Å². The van der Waals surface area contributed by atoms with Crippen LogP contribution in [-0.2, 0) is 16.2 Å². The average Bonchev–Trinajstić information content (AvgIpc) is 2.56. The molecule has 134 valence electrons. The molecule has 0 heterocycles. The molecule has 1 amide bonds. The molecule has 0 saturated carbocycles. The Labute approximate surface area is 142 Å². The number of anilines is 1. The molecule has 0 radical (unpaired) electrons. The van der Waals surface area contributed by atoms with E-state index in [4.69, 9.17) is 0 Å². The zero-order valence-electron chi connectivity index (χ0n) is 13.3. The fourth-order valence-electron chi connectivity index (χ4n) is 2.05. The number of aryl methyl sites for hydroxylation is 1. The molecule has 0 spiro atoms. The van der Waals surface area contributed by atoms with Gasteiger partial charge in [-0.2, -0.15) is 13.2 Å². The van der Waals surface area contributed by atoms with Crippen LogP contribution < -0.4 is 10.0 Å². The number of nitrogens with one attached hydrogen (secondary N) is 2. The first-order chi connectivity index (χ1) is 11.5. The number of carbonyl (C=O) groups is 1. The minimum Gasteiger partial charge on any atom is -0.322 e. The topological polar surface area (TPSA) is 75.3 Å². The SMILES string of the molecule is CNS(=O)(=O)c1ccc(C)c(NC(=O)c2cccc(C(F)(F)F)c2)c1. The Hall–Kier alpha value is -2.39. The van der Waals surface area contributed by atoms with Crippen molar-refractivity contribution in [1.29, 1.82) is 0 Å². The van der Waals surface area contributed by atoms with Crippen molar-refractivity contribution in [3.63, 3.8) is 0 Å². The van der Waals surface area contributed by atoms with E-state index < -0.39 is 27.7 Å². The monoisotopic (exact) mass is 372 g/mol. The largest absolute Gasteiger partial charge is 0.416 e. The number of hydrogen-bond acceptors (Lipinski definition) is 3. The second-order valence-electron chi connectivity index (χ2n) is 5.22. The second-order valence-corrected chi connectivity index (χ2v) is 7.10. The Bertz CT molecular complexity index is 909. The molecule has 9 heteroatoms. The van der Waals surface area contributed by atoms with Crippen molar-refractivity contribution in [1.82, 2.24) is 4.72 Å². The van der Waals surface area contributed by atoms with E-state index in [1.54, 1.807) is 6.92 Å². The van der Waals surface area contributed by atoms with E-state index in [9.17, 15) is 26.4 Å². The summed E-state index contributed by atoms with van der Waals surface area (Å²) in [6.45, 7) is 1.64. The summed E-state index contributed by atoms with van der Waals surface area (Å²) in [6.07, 6.45) is -4.56. The van der Waals surface area contributed by atoms with E-state index in [1.165, 1.54) is 31.3 Å². The van der Waals surface area contributed by atoms with Crippen molar-refractivity contribution in [2.45, 2.75) is 18.0 Å². The number of rotatable bonds is 4. The van der Waals surface area contributed by atoms with Gasteiger partial charge in [-0.3, -0.25) is 4.79 Å². The van der Waals surface area contributed by atoms with Gasteiger partial charge in [0.25, 0.3) is 5.91 Å². The summed E-state index contributed by atoms with van der Waals surface area (Å²) >= 11 is 0. The fraction of sp³-hybridized carbons (Fsp3) is 0.188. The van der Waals surface area contributed by atoms with Crippen LogP contribution in [0.4, 0.5) is 18.9 Å². The van der Waals surface area contributed by atoms with Gasteiger partial charge in [-0.15, -0.1) is 0 Å². The summed E-state index contributed by atoms with van der Waals surface area (Å²) in [5, 5.41) is 2.44. The smallest absolute Gasteiger partial charge is 0.322 e. The van der Waals surface area contributed by atoms with Gasteiger partial charge in [0.15, 0.2) is 0 Å². The Morgan fingerprint density at radius 3 is 2.36 bits per heavy atom. The number of benzene rings is 2. The van der Waals surface area contributed by atoms with Gasteiger partial charge in [0, 0.05) is 11.3 Å². The van der Waals surface area contributed by atoms with Crippen molar-refractivity contribution in [3.8, 4) is 0 Å². The quantitative estimate of drug-likeness (QED) is 0.866. The van der Waals surface area contributed by atoms with Gasteiger partial charge < -0.3 is 5.32 Å². The molecule has 0 bridgehead atoms. The first-order valence-electron chi connectivity index (χ1n) is 7.07. The van der Waals surface area contributed by atoms with Crippen LogP contribution in [0.1, 0.15) is 21.5 Å². The minimum absolute atomic E-state index is 0.0695. The van der Waals surface area contributed by atoms with E-state index in [2.05, 4.69) is 10.0 Å². The molecule has 0 atom stereocenters. The predicted octanol–water partition coefficient (Wildman–Crippen LogP) is 3.17. The fourth-order valence-corrected chi connectivity index (χ4v) is 2.81. The van der Waals surface area contributed by atoms with Crippen LogP contribution in [0.15, 0.2) is 47.4 Å². The second kappa shape index (κ2) is 6.85. The Morgan fingerprint density at radius 1 is 1.08 bits per heavy atom. The van der Waals surface area contributed by atoms with Crippen molar-refractivity contribution in [3.05, 3.63) is 59.2 Å². The highest BCUT2D eigenvalue weighted by Gasteiger charge is 2.31. The maximum atomic E-state index is 12.7. The highest BCUT2D eigenvalue weighted by Crippen LogP contribution is 2.30. The van der Waals surface area contributed by atoms with Gasteiger partial charge in [0.05, 0.1) is 10.5 Å². The number of halogens is 3. The van der Waals surface area contributed by atoms with Gasteiger partial charge in [-0.1, -0.05) is 12.1 Å². The highest BCUT2D eigenvalue weighted by atomic mass is 32.2. The summed E-state index contributed by atoms with van der Waals surface area (Å²) in [5.41, 5.74) is -0.367. The maximum Gasteiger partial charge on any atom is 0.416 e. The molecule has 0 aromatic heterocycles. The molecular weight excluding hydrogens is 357 g/mol. The molecule has 0 fully saturated rings. The molecule has 0 unspecified atom stereocenters. The summed E-state index contributed by atoms with van der Waals surface area (Å²) < 4.78 is 64.0. The van der Waals surface area contributed by atoms with Crippen molar-refractivity contribution in [2.24, 2.45) is 0 Å². The lowest BCUT2D eigenvalue weighted by molar-refractivity contribution is -0.137. The lowest BCUT2D eigenvalue weighted by Gasteiger charge is -2.12. The first kappa shape index (κ1) is 18.9. The van der Waals surface area contributed by atoms with Gasteiger partial charge in [-0.25, -0.2) is 13.1 Å². The number of hydrogen-bond donors (Lipinski definition) is 2. The predicted molar refractivity (Wildman–Crippen MR) is 86.8 cm³/mol. The summed E-state index contributed by atoms with van der Waals surface area (Å²) in [5.74, 6) is -0.770. The van der Waals surface area contributed by atoms with Crippen LogP contribution in [0.3, 0.4) is 0 Å². The molecule has 2 rings (SSSR count). The van der Waals surface area contributed by atoms with Crippen LogP contribution in [0.2, 0.25) is 0 Å². The molecule has 0 aliphatic rings. The van der Waals surface area contributed by atoms with Crippen LogP contribution in [0.5, 0.6) is 0 Å². The van der Waals surface area contributed by atoms with E-state index in [0.717, 1.165) is 18.2 Å². The third-order valence-corrected chi connectivity index (χ3v) is 4.90.